The van der Waals surface area contributed by atoms with Crippen molar-refractivity contribution in [1.82, 2.24) is 24.8 Å². The van der Waals surface area contributed by atoms with Gasteiger partial charge in [0.05, 0.1) is 0 Å². The Bertz CT molecular complexity index is 724. The topological polar surface area (TPSA) is 62.5 Å². The van der Waals surface area contributed by atoms with Gasteiger partial charge in [-0.3, -0.25) is 4.79 Å². The zero-order chi connectivity index (χ0) is 17.9. The molecule has 0 atom stereocenters. The van der Waals surface area contributed by atoms with Crippen molar-refractivity contribution >= 4 is 23.2 Å². The van der Waals surface area contributed by atoms with Crippen molar-refractivity contribution in [3.63, 3.8) is 0 Å². The van der Waals surface area contributed by atoms with Crippen LogP contribution in [0, 0.1) is 6.92 Å². The number of nitrogens with zero attached hydrogens (tertiary/aromatic N) is 4. The van der Waals surface area contributed by atoms with Gasteiger partial charge in [-0.1, -0.05) is 13.8 Å². The molecule has 0 unspecified atom stereocenters. The van der Waals surface area contributed by atoms with Crippen molar-refractivity contribution in [2.45, 2.75) is 26.2 Å². The highest BCUT2D eigenvalue weighted by Crippen LogP contribution is 2.32. The number of halogens is 3. The maximum absolute atomic E-state index is 13.5. The van der Waals surface area contributed by atoms with Gasteiger partial charge in [-0.2, -0.15) is 13.9 Å². The van der Waals surface area contributed by atoms with Crippen molar-refractivity contribution < 1.29 is 13.6 Å². The molecule has 2 rings (SSSR count). The molecule has 1 amide bonds. The van der Waals surface area contributed by atoms with E-state index in [2.05, 4.69) is 20.3 Å². The van der Waals surface area contributed by atoms with Gasteiger partial charge in [0, 0.05) is 24.8 Å². The van der Waals surface area contributed by atoms with Crippen LogP contribution >= 0.6 is 11.6 Å². The van der Waals surface area contributed by atoms with Gasteiger partial charge in [-0.05, 0) is 37.7 Å². The van der Waals surface area contributed by atoms with E-state index in [9.17, 15) is 13.6 Å². The molecular formula is C15H20ClF2N5O. The Kier molecular flexibility index (Phi) is 5.71. The Morgan fingerprint density at radius 3 is 2.62 bits per heavy atom. The molecule has 0 aliphatic heterocycles. The molecule has 24 heavy (non-hydrogen) atoms. The van der Waals surface area contributed by atoms with E-state index in [1.807, 2.05) is 13.8 Å². The quantitative estimate of drug-likeness (QED) is 0.771. The highest BCUT2D eigenvalue weighted by Gasteiger charge is 2.32. The molecule has 0 radical (unpaired) electrons. The number of amides is 1. The molecular weight excluding hydrogens is 340 g/mol. The first-order chi connectivity index (χ1) is 11.3. The number of likely N-dealkylation sites (N-methyl/N-ethyl adjacent to an activating group) is 1. The second kappa shape index (κ2) is 7.40. The van der Waals surface area contributed by atoms with Crippen LogP contribution in [0.4, 0.5) is 8.78 Å². The molecule has 0 spiro atoms. The van der Waals surface area contributed by atoms with Crippen LogP contribution in [0.3, 0.4) is 0 Å². The van der Waals surface area contributed by atoms with Gasteiger partial charge in [0.25, 0.3) is 5.91 Å². The Balaban J connectivity index is 2.20. The van der Waals surface area contributed by atoms with E-state index >= 15 is 0 Å². The molecule has 2 aromatic heterocycles. The Morgan fingerprint density at radius 2 is 2.04 bits per heavy atom. The number of carbonyl (C=O) groups is 1. The third kappa shape index (κ3) is 4.18. The van der Waals surface area contributed by atoms with Crippen LogP contribution in [0.2, 0.25) is 0 Å². The second-order valence-corrected chi connectivity index (χ2v) is 5.84. The molecule has 1 N–H and O–H groups in total. The van der Waals surface area contributed by atoms with Crippen LogP contribution in [-0.4, -0.2) is 51.6 Å². The van der Waals surface area contributed by atoms with E-state index in [-0.39, 0.29) is 11.3 Å². The molecule has 0 aliphatic rings. The third-order valence-corrected chi connectivity index (χ3v) is 3.88. The van der Waals surface area contributed by atoms with Gasteiger partial charge in [0.1, 0.15) is 5.69 Å². The van der Waals surface area contributed by atoms with E-state index < -0.39 is 17.0 Å². The van der Waals surface area contributed by atoms with Gasteiger partial charge in [-0.25, -0.2) is 9.50 Å². The smallest absolute Gasteiger partial charge is 0.349 e. The fourth-order valence-electron chi connectivity index (χ4n) is 2.37. The van der Waals surface area contributed by atoms with Gasteiger partial charge in [0.2, 0.25) is 0 Å². The fourth-order valence-corrected chi connectivity index (χ4v) is 2.51. The Morgan fingerprint density at radius 1 is 1.38 bits per heavy atom. The largest absolute Gasteiger partial charge is 0.364 e. The molecule has 0 saturated heterocycles. The number of fused-ring (bicyclic) bond motifs is 1. The van der Waals surface area contributed by atoms with Gasteiger partial charge < -0.3 is 10.2 Å². The summed E-state index contributed by atoms with van der Waals surface area (Å²) in [4.78, 5) is 18.4. The number of hydrogen-bond acceptors (Lipinski definition) is 4. The summed E-state index contributed by atoms with van der Waals surface area (Å²) in [5.74, 6) is -0.436. The van der Waals surface area contributed by atoms with Crippen LogP contribution in [0.25, 0.3) is 5.65 Å². The molecule has 0 saturated carbocycles. The number of carbonyl (C=O) groups excluding carboxylic acids is 1. The minimum absolute atomic E-state index is 0.0230. The molecule has 2 heterocycles. The van der Waals surface area contributed by atoms with Crippen molar-refractivity contribution in [3.05, 3.63) is 29.2 Å². The standard InChI is InChI=1S/C15H20ClF2N5O/c1-4-22(5-2)7-6-19-14(24)11-9-13-20-10(3)8-12(15(16,17)18)23(13)21-11/h8-9H,4-7H2,1-3H3,(H,19,24). The molecule has 0 fully saturated rings. The van der Waals surface area contributed by atoms with Gasteiger partial charge in [-0.15, -0.1) is 0 Å². The van der Waals surface area contributed by atoms with E-state index in [1.165, 1.54) is 6.07 Å². The molecule has 132 valence electrons. The highest BCUT2D eigenvalue weighted by molar-refractivity contribution is 6.21. The second-order valence-electron chi connectivity index (χ2n) is 5.36. The first-order valence-electron chi connectivity index (χ1n) is 7.71. The third-order valence-electron chi connectivity index (χ3n) is 3.69. The first kappa shape index (κ1) is 18.5. The van der Waals surface area contributed by atoms with E-state index in [0.29, 0.717) is 18.8 Å². The summed E-state index contributed by atoms with van der Waals surface area (Å²) in [5.41, 5.74) is 0.0223. The minimum atomic E-state index is -3.60. The zero-order valence-corrected chi connectivity index (χ0v) is 14.6. The average molecular weight is 360 g/mol. The molecule has 2 aromatic rings. The van der Waals surface area contributed by atoms with E-state index in [4.69, 9.17) is 11.6 Å². The average Bonchev–Trinajstić information content (AvgIpc) is 2.93. The van der Waals surface area contributed by atoms with Crippen molar-refractivity contribution in [2.75, 3.05) is 26.2 Å². The minimum Gasteiger partial charge on any atom is -0.349 e. The van der Waals surface area contributed by atoms with Crippen LogP contribution in [-0.2, 0) is 5.38 Å². The van der Waals surface area contributed by atoms with Gasteiger partial charge >= 0.3 is 5.38 Å². The summed E-state index contributed by atoms with van der Waals surface area (Å²) in [7, 11) is 0. The lowest BCUT2D eigenvalue weighted by Gasteiger charge is -2.17. The molecule has 0 bridgehead atoms. The maximum Gasteiger partial charge on any atom is 0.364 e. The molecule has 0 aliphatic carbocycles. The highest BCUT2D eigenvalue weighted by atomic mass is 35.5. The monoisotopic (exact) mass is 359 g/mol. The summed E-state index contributed by atoms with van der Waals surface area (Å²) in [6, 6.07) is 2.51. The zero-order valence-electron chi connectivity index (χ0n) is 13.8. The SMILES string of the molecule is CCN(CC)CCNC(=O)c1cc2nc(C)cc(C(F)(F)Cl)n2n1. The summed E-state index contributed by atoms with van der Waals surface area (Å²) in [5, 5.41) is 3.05. The number of nitrogens with one attached hydrogen (secondary N) is 1. The number of aromatic nitrogens is 3. The number of rotatable bonds is 7. The Labute approximate surface area is 143 Å². The maximum atomic E-state index is 13.5. The molecule has 6 nitrogen and oxygen atoms in total. The fraction of sp³-hybridized carbons (Fsp3) is 0.533. The summed E-state index contributed by atoms with van der Waals surface area (Å²) >= 11 is 5.12. The van der Waals surface area contributed by atoms with Crippen LogP contribution < -0.4 is 5.32 Å². The summed E-state index contributed by atoms with van der Waals surface area (Å²) in [6.07, 6.45) is 0. The Hall–Kier alpha value is -1.80. The lowest BCUT2D eigenvalue weighted by molar-refractivity contribution is 0.0864. The van der Waals surface area contributed by atoms with Crippen LogP contribution in [0.1, 0.15) is 35.7 Å². The summed E-state index contributed by atoms with van der Waals surface area (Å²) in [6.45, 7) is 8.57. The van der Waals surface area contributed by atoms with Crippen molar-refractivity contribution in [1.29, 1.82) is 0 Å². The predicted molar refractivity (Wildman–Crippen MR) is 87.6 cm³/mol. The predicted octanol–water partition coefficient (Wildman–Crippen LogP) is 2.40. The first-order valence-corrected chi connectivity index (χ1v) is 8.09. The summed E-state index contributed by atoms with van der Waals surface area (Å²) < 4.78 is 27.9. The van der Waals surface area contributed by atoms with Crippen LogP contribution in [0.15, 0.2) is 12.1 Å². The van der Waals surface area contributed by atoms with E-state index in [0.717, 1.165) is 23.7 Å². The van der Waals surface area contributed by atoms with Crippen molar-refractivity contribution in [3.8, 4) is 0 Å². The normalized spacial score (nSPS) is 12.1. The lowest BCUT2D eigenvalue weighted by Crippen LogP contribution is -2.35. The number of aryl methyl sites for hydroxylation is 1. The van der Waals surface area contributed by atoms with Crippen LogP contribution in [0.5, 0.6) is 0 Å². The lowest BCUT2D eigenvalue weighted by atomic mass is 10.3. The molecule has 9 heteroatoms. The van der Waals surface area contributed by atoms with Crippen molar-refractivity contribution in [2.24, 2.45) is 0 Å². The van der Waals surface area contributed by atoms with E-state index in [1.54, 1.807) is 6.92 Å². The number of alkyl halides is 3. The van der Waals surface area contributed by atoms with Gasteiger partial charge in [0.15, 0.2) is 11.3 Å². The molecule has 0 aromatic carbocycles. The number of hydrogen-bond donors (Lipinski definition) is 1.